The van der Waals surface area contributed by atoms with Crippen molar-refractivity contribution in [2.45, 2.75) is 32.6 Å². The Bertz CT molecular complexity index is 1140. The molecule has 0 spiro atoms. The number of piperazine rings is 1. The van der Waals surface area contributed by atoms with Crippen molar-refractivity contribution < 1.29 is 14.3 Å². The zero-order chi connectivity index (χ0) is 25.2. The van der Waals surface area contributed by atoms with Gasteiger partial charge in [0, 0.05) is 52.1 Å². The van der Waals surface area contributed by atoms with Gasteiger partial charge in [-0.1, -0.05) is 55.8 Å². The zero-order valence-corrected chi connectivity index (χ0v) is 21.1. The van der Waals surface area contributed by atoms with Crippen molar-refractivity contribution in [1.82, 2.24) is 15.2 Å². The van der Waals surface area contributed by atoms with E-state index in [9.17, 15) is 9.59 Å². The largest absolute Gasteiger partial charge is 0.381 e. The quantitative estimate of drug-likeness (QED) is 0.412. The van der Waals surface area contributed by atoms with Crippen LogP contribution in [0.1, 0.15) is 42.1 Å². The number of anilines is 1. The van der Waals surface area contributed by atoms with Crippen LogP contribution in [0.5, 0.6) is 0 Å². The molecule has 190 valence electrons. The summed E-state index contributed by atoms with van der Waals surface area (Å²) in [5.41, 5.74) is 1.59. The van der Waals surface area contributed by atoms with Crippen molar-refractivity contribution in [3.8, 4) is 0 Å². The predicted octanol–water partition coefficient (Wildman–Crippen LogP) is 4.06. The number of hydrogen-bond acceptors (Lipinski definition) is 5. The highest BCUT2D eigenvalue weighted by Gasteiger charge is 2.22. The second-order valence-electron chi connectivity index (χ2n) is 9.21. The van der Waals surface area contributed by atoms with Crippen LogP contribution >= 0.6 is 0 Å². The molecule has 2 heterocycles. The molecule has 7 nitrogen and oxygen atoms in total. The lowest BCUT2D eigenvalue weighted by molar-refractivity contribution is -0.130. The van der Waals surface area contributed by atoms with Gasteiger partial charge in [-0.3, -0.25) is 9.59 Å². The normalized spacial score (nSPS) is 13.7. The minimum atomic E-state index is -0.119. The van der Waals surface area contributed by atoms with Crippen molar-refractivity contribution in [3.05, 3.63) is 71.9 Å². The van der Waals surface area contributed by atoms with Crippen molar-refractivity contribution in [3.63, 3.8) is 0 Å². The number of ether oxygens (including phenoxy) is 1. The third kappa shape index (κ3) is 7.04. The number of nitrogens with one attached hydrogen (secondary N) is 1. The van der Waals surface area contributed by atoms with Crippen LogP contribution < -0.4 is 10.2 Å². The Morgan fingerprint density at radius 3 is 2.47 bits per heavy atom. The van der Waals surface area contributed by atoms with E-state index in [1.54, 1.807) is 6.20 Å². The number of amides is 2. The van der Waals surface area contributed by atoms with E-state index in [-0.39, 0.29) is 11.8 Å². The molecule has 0 atom stereocenters. The summed E-state index contributed by atoms with van der Waals surface area (Å²) in [6.45, 7) is 6.93. The summed E-state index contributed by atoms with van der Waals surface area (Å²) in [7, 11) is 0. The second kappa shape index (κ2) is 13.0. The van der Waals surface area contributed by atoms with Crippen LogP contribution in [0.3, 0.4) is 0 Å². The molecular weight excluding hydrogens is 452 g/mol. The van der Waals surface area contributed by atoms with Crippen LogP contribution in [-0.4, -0.2) is 67.6 Å². The monoisotopic (exact) mass is 488 g/mol. The SMILES string of the molecule is CCCCOCCCNC(=O)c1ccc(N2CCN(C(=O)Cc3ccc4ccccc4c3)CC2)nc1. The molecule has 0 aliphatic carbocycles. The number of aromatic nitrogens is 1. The van der Waals surface area contributed by atoms with Crippen LogP contribution in [-0.2, 0) is 16.0 Å². The molecule has 0 saturated carbocycles. The molecule has 1 fully saturated rings. The van der Waals surface area contributed by atoms with Gasteiger partial charge in [0.05, 0.1) is 12.0 Å². The average Bonchev–Trinajstić information content (AvgIpc) is 2.92. The summed E-state index contributed by atoms with van der Waals surface area (Å²) in [5, 5.41) is 5.27. The first-order chi connectivity index (χ1) is 17.6. The molecule has 1 saturated heterocycles. The number of nitrogens with zero attached hydrogens (tertiary/aromatic N) is 3. The molecule has 2 amide bonds. The summed E-state index contributed by atoms with van der Waals surface area (Å²) >= 11 is 0. The summed E-state index contributed by atoms with van der Waals surface area (Å²) in [5.74, 6) is 0.866. The molecule has 0 bridgehead atoms. The van der Waals surface area contributed by atoms with E-state index in [0.29, 0.717) is 38.2 Å². The molecule has 0 unspecified atom stereocenters. The third-order valence-electron chi connectivity index (χ3n) is 6.53. The first-order valence-corrected chi connectivity index (χ1v) is 13.0. The topological polar surface area (TPSA) is 74.8 Å². The first kappa shape index (κ1) is 25.6. The van der Waals surface area contributed by atoms with Gasteiger partial charge in [0.2, 0.25) is 5.91 Å². The smallest absolute Gasteiger partial charge is 0.252 e. The average molecular weight is 489 g/mol. The van der Waals surface area contributed by atoms with Gasteiger partial charge in [0.15, 0.2) is 0 Å². The van der Waals surface area contributed by atoms with E-state index < -0.39 is 0 Å². The number of unbranched alkanes of at least 4 members (excludes halogenated alkanes) is 1. The van der Waals surface area contributed by atoms with E-state index in [1.807, 2.05) is 35.2 Å². The molecule has 1 aliphatic rings. The Balaban J connectivity index is 1.20. The maximum Gasteiger partial charge on any atom is 0.252 e. The van der Waals surface area contributed by atoms with Gasteiger partial charge in [-0.05, 0) is 41.3 Å². The molecule has 1 N–H and O–H groups in total. The molecule has 1 aromatic heterocycles. The lowest BCUT2D eigenvalue weighted by Crippen LogP contribution is -2.49. The first-order valence-electron chi connectivity index (χ1n) is 13.0. The van der Waals surface area contributed by atoms with Crippen LogP contribution in [0.25, 0.3) is 10.8 Å². The minimum absolute atomic E-state index is 0.119. The fraction of sp³-hybridized carbons (Fsp3) is 0.414. The lowest BCUT2D eigenvalue weighted by Gasteiger charge is -2.35. The summed E-state index contributed by atoms with van der Waals surface area (Å²) < 4.78 is 5.52. The summed E-state index contributed by atoms with van der Waals surface area (Å²) in [6.07, 6.45) is 5.03. The molecular formula is C29H36N4O3. The fourth-order valence-electron chi connectivity index (χ4n) is 4.35. The Morgan fingerprint density at radius 2 is 1.72 bits per heavy atom. The minimum Gasteiger partial charge on any atom is -0.381 e. The van der Waals surface area contributed by atoms with Crippen LogP contribution in [0, 0.1) is 0 Å². The Morgan fingerprint density at radius 1 is 0.944 bits per heavy atom. The number of benzene rings is 2. The zero-order valence-electron chi connectivity index (χ0n) is 21.1. The predicted molar refractivity (Wildman–Crippen MR) is 143 cm³/mol. The van der Waals surface area contributed by atoms with Crippen molar-refractivity contribution in [2.24, 2.45) is 0 Å². The Hall–Kier alpha value is -3.45. The molecule has 4 rings (SSSR count). The number of hydrogen-bond donors (Lipinski definition) is 1. The van der Waals surface area contributed by atoms with Crippen LogP contribution in [0.15, 0.2) is 60.8 Å². The molecule has 0 radical (unpaired) electrons. The maximum atomic E-state index is 12.9. The van der Waals surface area contributed by atoms with E-state index in [0.717, 1.165) is 55.7 Å². The number of fused-ring (bicyclic) bond motifs is 1. The standard InChI is InChI=1S/C29H36N4O3/c1-2-3-18-36-19-6-13-30-29(35)26-11-12-27(31-22-26)32-14-16-33(17-15-32)28(34)21-23-9-10-24-7-4-5-8-25(24)20-23/h4-5,7-12,20,22H,2-3,6,13-19,21H2,1H3,(H,30,35). The second-order valence-corrected chi connectivity index (χ2v) is 9.21. The van der Waals surface area contributed by atoms with E-state index in [4.69, 9.17) is 4.74 Å². The molecule has 1 aliphatic heterocycles. The van der Waals surface area contributed by atoms with E-state index in [2.05, 4.69) is 46.4 Å². The van der Waals surface area contributed by atoms with Gasteiger partial charge in [-0.25, -0.2) is 4.98 Å². The van der Waals surface area contributed by atoms with Gasteiger partial charge in [-0.2, -0.15) is 0 Å². The highest BCUT2D eigenvalue weighted by Crippen LogP contribution is 2.18. The summed E-state index contributed by atoms with van der Waals surface area (Å²) in [6, 6.07) is 18.1. The Kier molecular flexibility index (Phi) is 9.27. The Labute approximate surface area is 213 Å². The van der Waals surface area contributed by atoms with Gasteiger partial charge in [0.25, 0.3) is 5.91 Å². The fourth-order valence-corrected chi connectivity index (χ4v) is 4.35. The van der Waals surface area contributed by atoms with Crippen LogP contribution in [0.4, 0.5) is 5.82 Å². The van der Waals surface area contributed by atoms with E-state index >= 15 is 0 Å². The number of pyridine rings is 1. The van der Waals surface area contributed by atoms with Crippen molar-refractivity contribution in [1.29, 1.82) is 0 Å². The molecule has 7 heteroatoms. The lowest BCUT2D eigenvalue weighted by atomic mass is 10.0. The molecule has 2 aromatic carbocycles. The summed E-state index contributed by atoms with van der Waals surface area (Å²) in [4.78, 5) is 33.8. The third-order valence-corrected chi connectivity index (χ3v) is 6.53. The van der Waals surface area contributed by atoms with Crippen molar-refractivity contribution in [2.75, 3.05) is 50.8 Å². The molecule has 3 aromatic rings. The van der Waals surface area contributed by atoms with Gasteiger partial charge < -0.3 is 19.9 Å². The highest BCUT2D eigenvalue weighted by atomic mass is 16.5. The molecule has 36 heavy (non-hydrogen) atoms. The maximum absolute atomic E-state index is 12.9. The van der Waals surface area contributed by atoms with E-state index in [1.165, 1.54) is 5.39 Å². The van der Waals surface area contributed by atoms with Gasteiger partial charge in [0.1, 0.15) is 5.82 Å². The number of rotatable bonds is 11. The number of carbonyl (C=O) groups excluding carboxylic acids is 2. The van der Waals surface area contributed by atoms with Crippen molar-refractivity contribution >= 4 is 28.4 Å². The number of carbonyl (C=O) groups is 2. The van der Waals surface area contributed by atoms with Crippen LogP contribution in [0.2, 0.25) is 0 Å². The highest BCUT2D eigenvalue weighted by molar-refractivity contribution is 5.94. The van der Waals surface area contributed by atoms with Gasteiger partial charge >= 0.3 is 0 Å². The van der Waals surface area contributed by atoms with Gasteiger partial charge in [-0.15, -0.1) is 0 Å².